The second-order valence-electron chi connectivity index (χ2n) is 6.33. The van der Waals surface area contributed by atoms with Crippen molar-refractivity contribution in [2.45, 2.75) is 11.8 Å². The lowest BCUT2D eigenvalue weighted by molar-refractivity contribution is 0.0303. The number of halogens is 1. The van der Waals surface area contributed by atoms with Crippen LogP contribution in [0.5, 0.6) is 0 Å². The highest BCUT2D eigenvalue weighted by Crippen LogP contribution is 2.27. The SMILES string of the molecule is Cc1ccc(C(=O)N2CCOCC2)cc1N(C)S(=O)(=O)c1ccc(Cl)cc1. The monoisotopic (exact) mass is 408 g/mol. The first-order valence-corrected chi connectivity index (χ1v) is 10.3. The van der Waals surface area contributed by atoms with Crippen molar-refractivity contribution in [3.05, 3.63) is 58.6 Å². The van der Waals surface area contributed by atoms with E-state index in [0.29, 0.717) is 42.6 Å². The third kappa shape index (κ3) is 4.10. The van der Waals surface area contributed by atoms with Gasteiger partial charge in [0.05, 0.1) is 23.8 Å². The van der Waals surface area contributed by atoms with Gasteiger partial charge in [0.2, 0.25) is 0 Å². The van der Waals surface area contributed by atoms with Crippen LogP contribution in [-0.4, -0.2) is 52.6 Å². The summed E-state index contributed by atoms with van der Waals surface area (Å²) in [6, 6.07) is 11.1. The van der Waals surface area contributed by atoms with Crippen molar-refractivity contribution in [3.8, 4) is 0 Å². The van der Waals surface area contributed by atoms with E-state index in [0.717, 1.165) is 5.56 Å². The van der Waals surface area contributed by atoms with Gasteiger partial charge in [0, 0.05) is 30.7 Å². The van der Waals surface area contributed by atoms with Crippen LogP contribution in [-0.2, 0) is 14.8 Å². The molecule has 0 spiro atoms. The largest absolute Gasteiger partial charge is 0.378 e. The van der Waals surface area contributed by atoms with Crippen LogP contribution in [0, 0.1) is 6.92 Å². The Bertz CT molecular complexity index is 939. The van der Waals surface area contributed by atoms with E-state index in [2.05, 4.69) is 0 Å². The molecule has 0 aliphatic carbocycles. The molecule has 0 N–H and O–H groups in total. The number of carbonyl (C=O) groups is 1. The molecule has 27 heavy (non-hydrogen) atoms. The average molecular weight is 409 g/mol. The smallest absolute Gasteiger partial charge is 0.264 e. The summed E-state index contributed by atoms with van der Waals surface area (Å²) in [6.45, 7) is 3.89. The average Bonchev–Trinajstić information content (AvgIpc) is 2.68. The second kappa shape index (κ2) is 7.88. The Morgan fingerprint density at radius 2 is 1.74 bits per heavy atom. The molecule has 0 radical (unpaired) electrons. The number of rotatable bonds is 4. The quantitative estimate of drug-likeness (QED) is 0.780. The van der Waals surface area contributed by atoms with Crippen LogP contribution in [0.4, 0.5) is 5.69 Å². The van der Waals surface area contributed by atoms with Gasteiger partial charge in [-0.25, -0.2) is 8.42 Å². The van der Waals surface area contributed by atoms with Crippen molar-refractivity contribution < 1.29 is 17.9 Å². The molecular weight excluding hydrogens is 388 g/mol. The predicted octanol–water partition coefficient (Wildman–Crippen LogP) is 2.95. The fraction of sp³-hybridized carbons (Fsp3) is 0.316. The van der Waals surface area contributed by atoms with E-state index < -0.39 is 10.0 Å². The molecule has 1 saturated heterocycles. The maximum atomic E-state index is 12.9. The number of hydrogen-bond donors (Lipinski definition) is 0. The number of anilines is 1. The molecule has 144 valence electrons. The van der Waals surface area contributed by atoms with Crippen LogP contribution in [0.2, 0.25) is 5.02 Å². The van der Waals surface area contributed by atoms with Gasteiger partial charge in [-0.3, -0.25) is 9.10 Å². The lowest BCUT2D eigenvalue weighted by atomic mass is 10.1. The lowest BCUT2D eigenvalue weighted by Gasteiger charge is -2.28. The van der Waals surface area contributed by atoms with Crippen molar-refractivity contribution >= 4 is 33.2 Å². The highest BCUT2D eigenvalue weighted by atomic mass is 35.5. The number of amides is 1. The van der Waals surface area contributed by atoms with E-state index in [1.807, 2.05) is 6.92 Å². The zero-order valence-corrected chi connectivity index (χ0v) is 16.8. The minimum atomic E-state index is -3.77. The Balaban J connectivity index is 1.93. The van der Waals surface area contributed by atoms with Crippen LogP contribution in [0.25, 0.3) is 0 Å². The molecule has 1 heterocycles. The Morgan fingerprint density at radius 1 is 1.11 bits per heavy atom. The van der Waals surface area contributed by atoms with Gasteiger partial charge >= 0.3 is 0 Å². The van der Waals surface area contributed by atoms with Gasteiger partial charge in [0.1, 0.15) is 0 Å². The van der Waals surface area contributed by atoms with Crippen molar-refractivity contribution in [3.63, 3.8) is 0 Å². The van der Waals surface area contributed by atoms with Gasteiger partial charge in [0.15, 0.2) is 0 Å². The minimum Gasteiger partial charge on any atom is -0.378 e. The standard InChI is InChI=1S/C19H21ClN2O4S/c1-14-3-4-15(19(23)22-9-11-26-12-10-22)13-18(14)21(2)27(24,25)17-7-5-16(20)6-8-17/h3-8,13H,9-12H2,1-2H3. The summed E-state index contributed by atoms with van der Waals surface area (Å²) in [7, 11) is -2.29. The maximum Gasteiger partial charge on any atom is 0.264 e. The minimum absolute atomic E-state index is 0.128. The van der Waals surface area contributed by atoms with E-state index in [1.165, 1.54) is 35.6 Å². The summed E-state index contributed by atoms with van der Waals surface area (Å²) in [5.41, 5.74) is 1.67. The third-order valence-corrected chi connectivity index (χ3v) is 6.60. The Morgan fingerprint density at radius 3 is 2.37 bits per heavy atom. The van der Waals surface area contributed by atoms with E-state index in [-0.39, 0.29) is 10.8 Å². The van der Waals surface area contributed by atoms with Gasteiger partial charge in [-0.05, 0) is 48.9 Å². The fourth-order valence-corrected chi connectivity index (χ4v) is 4.30. The van der Waals surface area contributed by atoms with Crippen molar-refractivity contribution in [2.75, 3.05) is 37.7 Å². The summed E-state index contributed by atoms with van der Waals surface area (Å²) >= 11 is 5.85. The van der Waals surface area contributed by atoms with Crippen LogP contribution >= 0.6 is 11.6 Å². The van der Waals surface area contributed by atoms with E-state index >= 15 is 0 Å². The zero-order valence-electron chi connectivity index (χ0n) is 15.2. The summed E-state index contributed by atoms with van der Waals surface area (Å²) in [5, 5.41) is 0.464. The molecule has 0 saturated carbocycles. The normalized spacial score (nSPS) is 14.9. The molecule has 0 aromatic heterocycles. The van der Waals surface area contributed by atoms with Gasteiger partial charge < -0.3 is 9.64 Å². The molecule has 3 rings (SSSR count). The molecule has 1 amide bonds. The molecule has 0 atom stereocenters. The van der Waals surface area contributed by atoms with Crippen LogP contribution in [0.3, 0.4) is 0 Å². The Kier molecular flexibility index (Phi) is 5.74. The van der Waals surface area contributed by atoms with E-state index in [9.17, 15) is 13.2 Å². The fourth-order valence-electron chi connectivity index (χ4n) is 2.92. The van der Waals surface area contributed by atoms with Gasteiger partial charge in [-0.1, -0.05) is 17.7 Å². The molecule has 1 fully saturated rings. The first-order chi connectivity index (χ1) is 12.8. The number of aryl methyl sites for hydroxylation is 1. The van der Waals surface area contributed by atoms with Gasteiger partial charge in [-0.2, -0.15) is 0 Å². The van der Waals surface area contributed by atoms with Crippen LogP contribution in [0.1, 0.15) is 15.9 Å². The number of hydrogen-bond acceptors (Lipinski definition) is 4. The first kappa shape index (κ1) is 19.7. The highest BCUT2D eigenvalue weighted by molar-refractivity contribution is 7.92. The Labute approximate surface area is 164 Å². The second-order valence-corrected chi connectivity index (χ2v) is 8.74. The summed E-state index contributed by atoms with van der Waals surface area (Å²) in [4.78, 5) is 14.6. The number of sulfonamides is 1. The summed E-state index contributed by atoms with van der Waals surface area (Å²) in [5.74, 6) is -0.128. The van der Waals surface area contributed by atoms with Crippen LogP contribution < -0.4 is 4.31 Å². The number of carbonyl (C=O) groups excluding carboxylic acids is 1. The van der Waals surface area contributed by atoms with Gasteiger partial charge in [0.25, 0.3) is 15.9 Å². The van der Waals surface area contributed by atoms with Crippen molar-refractivity contribution in [2.24, 2.45) is 0 Å². The molecule has 6 nitrogen and oxygen atoms in total. The topological polar surface area (TPSA) is 66.9 Å². The summed E-state index contributed by atoms with van der Waals surface area (Å²) in [6.07, 6.45) is 0. The molecule has 2 aromatic rings. The molecule has 0 bridgehead atoms. The van der Waals surface area contributed by atoms with Crippen molar-refractivity contribution in [1.29, 1.82) is 0 Å². The summed E-state index contributed by atoms with van der Waals surface area (Å²) < 4.78 is 32.4. The molecule has 2 aromatic carbocycles. The lowest BCUT2D eigenvalue weighted by Crippen LogP contribution is -2.40. The Hall–Kier alpha value is -2.09. The zero-order chi connectivity index (χ0) is 19.6. The van der Waals surface area contributed by atoms with Crippen molar-refractivity contribution in [1.82, 2.24) is 4.90 Å². The van der Waals surface area contributed by atoms with E-state index in [1.54, 1.807) is 23.1 Å². The molecular formula is C19H21ClN2O4S. The number of nitrogens with zero attached hydrogens (tertiary/aromatic N) is 2. The van der Waals surface area contributed by atoms with Gasteiger partial charge in [-0.15, -0.1) is 0 Å². The number of ether oxygens (including phenoxy) is 1. The molecule has 0 unspecified atom stereocenters. The maximum absolute atomic E-state index is 12.9. The number of morpholine rings is 1. The highest BCUT2D eigenvalue weighted by Gasteiger charge is 2.25. The first-order valence-electron chi connectivity index (χ1n) is 8.53. The van der Waals surface area contributed by atoms with Crippen LogP contribution in [0.15, 0.2) is 47.4 Å². The molecule has 8 heteroatoms. The third-order valence-electron chi connectivity index (χ3n) is 4.57. The molecule has 1 aliphatic heterocycles. The van der Waals surface area contributed by atoms with E-state index in [4.69, 9.17) is 16.3 Å². The molecule has 1 aliphatic rings. The predicted molar refractivity (Wildman–Crippen MR) is 105 cm³/mol. The number of benzene rings is 2.